The Kier molecular flexibility index (Phi) is 3.07. The fourth-order valence-corrected chi connectivity index (χ4v) is 2.58. The molecule has 1 saturated carbocycles. The summed E-state index contributed by atoms with van der Waals surface area (Å²) in [7, 11) is 0. The normalized spacial score (nSPS) is 24.7. The van der Waals surface area contributed by atoms with E-state index in [1.165, 1.54) is 4.88 Å². The van der Waals surface area contributed by atoms with Crippen LogP contribution in [0, 0.1) is 0 Å². The average Bonchev–Trinajstić information content (AvgIpc) is 2.63. The Morgan fingerprint density at radius 1 is 1.60 bits per heavy atom. The third-order valence-electron chi connectivity index (χ3n) is 2.74. The molecule has 0 radical (unpaired) electrons. The molecule has 0 spiro atoms. The minimum absolute atomic E-state index is 0.0524. The van der Waals surface area contributed by atoms with Crippen molar-refractivity contribution in [1.29, 1.82) is 0 Å². The van der Waals surface area contributed by atoms with Gasteiger partial charge in [0.05, 0.1) is 4.88 Å². The zero-order valence-electron chi connectivity index (χ0n) is 8.82. The van der Waals surface area contributed by atoms with Crippen molar-refractivity contribution in [1.82, 2.24) is 5.32 Å². The number of thiophene rings is 1. The van der Waals surface area contributed by atoms with Crippen LogP contribution in [-0.4, -0.2) is 18.0 Å². The molecule has 3 nitrogen and oxygen atoms in total. The van der Waals surface area contributed by atoms with Gasteiger partial charge in [-0.2, -0.15) is 0 Å². The first-order valence-corrected chi connectivity index (χ1v) is 6.16. The monoisotopic (exact) mass is 224 g/mol. The van der Waals surface area contributed by atoms with Crippen LogP contribution in [0.5, 0.6) is 0 Å². The van der Waals surface area contributed by atoms with Crippen LogP contribution in [0.2, 0.25) is 0 Å². The van der Waals surface area contributed by atoms with E-state index in [1.54, 1.807) is 11.3 Å². The van der Waals surface area contributed by atoms with Gasteiger partial charge in [-0.05, 0) is 31.4 Å². The summed E-state index contributed by atoms with van der Waals surface area (Å²) in [5, 5.41) is 2.99. The van der Waals surface area contributed by atoms with Gasteiger partial charge in [0, 0.05) is 17.0 Å². The third kappa shape index (κ3) is 2.38. The van der Waals surface area contributed by atoms with E-state index in [9.17, 15) is 4.79 Å². The summed E-state index contributed by atoms with van der Waals surface area (Å²) in [5.41, 5.74) is 5.66. The Morgan fingerprint density at radius 3 is 2.87 bits per heavy atom. The van der Waals surface area contributed by atoms with Crippen LogP contribution in [0.25, 0.3) is 0 Å². The molecule has 1 aliphatic carbocycles. The third-order valence-corrected chi connectivity index (χ3v) is 3.97. The zero-order chi connectivity index (χ0) is 10.8. The van der Waals surface area contributed by atoms with E-state index in [0.717, 1.165) is 24.1 Å². The number of rotatable bonds is 3. The Bertz CT molecular complexity index is 355. The number of nitrogens with one attached hydrogen (secondary N) is 1. The second-order valence-corrected chi connectivity index (χ2v) is 5.19. The smallest absolute Gasteiger partial charge is 0.261 e. The summed E-state index contributed by atoms with van der Waals surface area (Å²) in [5.74, 6) is 0.0524. The molecule has 0 unspecified atom stereocenters. The molecule has 0 aromatic carbocycles. The Hall–Kier alpha value is -0.870. The van der Waals surface area contributed by atoms with Gasteiger partial charge in [0.2, 0.25) is 0 Å². The van der Waals surface area contributed by atoms with Crippen molar-refractivity contribution in [3.63, 3.8) is 0 Å². The minimum Gasteiger partial charge on any atom is -0.348 e. The van der Waals surface area contributed by atoms with Gasteiger partial charge in [0.25, 0.3) is 5.91 Å². The van der Waals surface area contributed by atoms with Gasteiger partial charge in [-0.3, -0.25) is 4.79 Å². The van der Waals surface area contributed by atoms with Crippen LogP contribution < -0.4 is 11.1 Å². The van der Waals surface area contributed by atoms with E-state index in [0.29, 0.717) is 6.04 Å². The maximum Gasteiger partial charge on any atom is 0.261 e. The SMILES string of the molecule is CCc1ccc(C(=O)NC2CC(N)C2)s1. The lowest BCUT2D eigenvalue weighted by Crippen LogP contribution is -2.50. The van der Waals surface area contributed by atoms with Crippen molar-refractivity contribution in [3.05, 3.63) is 21.9 Å². The van der Waals surface area contributed by atoms with E-state index in [4.69, 9.17) is 5.73 Å². The van der Waals surface area contributed by atoms with E-state index in [1.807, 2.05) is 12.1 Å². The molecule has 1 heterocycles. The number of hydrogen-bond acceptors (Lipinski definition) is 3. The summed E-state index contributed by atoms with van der Waals surface area (Å²) in [6, 6.07) is 4.49. The van der Waals surface area contributed by atoms with Gasteiger partial charge < -0.3 is 11.1 Å². The maximum absolute atomic E-state index is 11.7. The van der Waals surface area contributed by atoms with Crippen molar-refractivity contribution in [2.75, 3.05) is 0 Å². The van der Waals surface area contributed by atoms with Crippen LogP contribution in [-0.2, 0) is 6.42 Å². The summed E-state index contributed by atoms with van der Waals surface area (Å²) in [4.78, 5) is 13.8. The van der Waals surface area contributed by atoms with E-state index >= 15 is 0 Å². The van der Waals surface area contributed by atoms with Gasteiger partial charge in [0.1, 0.15) is 0 Å². The summed E-state index contributed by atoms with van der Waals surface area (Å²) in [6.07, 6.45) is 2.82. The molecule has 0 saturated heterocycles. The first-order valence-electron chi connectivity index (χ1n) is 5.34. The van der Waals surface area contributed by atoms with Crippen LogP contribution in [0.1, 0.15) is 34.3 Å². The fraction of sp³-hybridized carbons (Fsp3) is 0.545. The summed E-state index contributed by atoms with van der Waals surface area (Å²) < 4.78 is 0. The number of aryl methyl sites for hydroxylation is 1. The van der Waals surface area contributed by atoms with Crippen molar-refractivity contribution in [2.45, 2.75) is 38.3 Å². The van der Waals surface area contributed by atoms with Crippen molar-refractivity contribution in [2.24, 2.45) is 5.73 Å². The summed E-state index contributed by atoms with van der Waals surface area (Å²) >= 11 is 1.58. The molecule has 1 fully saturated rings. The van der Waals surface area contributed by atoms with Crippen LogP contribution >= 0.6 is 11.3 Å². The predicted octanol–water partition coefficient (Wildman–Crippen LogP) is 1.53. The molecule has 0 bridgehead atoms. The van der Waals surface area contributed by atoms with Gasteiger partial charge in [-0.15, -0.1) is 11.3 Å². The van der Waals surface area contributed by atoms with Gasteiger partial charge in [0.15, 0.2) is 0 Å². The molecular formula is C11H16N2OS. The Morgan fingerprint density at radius 2 is 2.33 bits per heavy atom. The fourth-order valence-electron chi connectivity index (χ4n) is 1.73. The van der Waals surface area contributed by atoms with E-state index in [2.05, 4.69) is 12.2 Å². The maximum atomic E-state index is 11.7. The first kappa shape index (κ1) is 10.6. The average molecular weight is 224 g/mol. The van der Waals surface area contributed by atoms with Crippen molar-refractivity contribution in [3.8, 4) is 0 Å². The number of nitrogens with two attached hydrogens (primary N) is 1. The lowest BCUT2D eigenvalue weighted by Gasteiger charge is -2.32. The van der Waals surface area contributed by atoms with Crippen molar-refractivity contribution >= 4 is 17.2 Å². The van der Waals surface area contributed by atoms with Gasteiger partial charge >= 0.3 is 0 Å². The summed E-state index contributed by atoms with van der Waals surface area (Å²) in [6.45, 7) is 2.10. The van der Waals surface area contributed by atoms with Crippen LogP contribution in [0.3, 0.4) is 0 Å². The lowest BCUT2D eigenvalue weighted by atomic mass is 9.87. The zero-order valence-corrected chi connectivity index (χ0v) is 9.64. The topological polar surface area (TPSA) is 55.1 Å². The van der Waals surface area contributed by atoms with E-state index < -0.39 is 0 Å². The highest BCUT2D eigenvalue weighted by atomic mass is 32.1. The molecule has 0 aliphatic heterocycles. The molecule has 1 aliphatic rings. The Labute approximate surface area is 93.7 Å². The number of carbonyl (C=O) groups is 1. The molecule has 82 valence electrons. The largest absolute Gasteiger partial charge is 0.348 e. The molecule has 4 heteroatoms. The van der Waals surface area contributed by atoms with Gasteiger partial charge in [-0.1, -0.05) is 6.92 Å². The molecule has 0 atom stereocenters. The molecular weight excluding hydrogens is 208 g/mol. The minimum atomic E-state index is 0.0524. The lowest BCUT2D eigenvalue weighted by molar-refractivity contribution is 0.0914. The highest BCUT2D eigenvalue weighted by molar-refractivity contribution is 7.14. The molecule has 15 heavy (non-hydrogen) atoms. The molecule has 1 amide bonds. The highest BCUT2D eigenvalue weighted by Gasteiger charge is 2.27. The first-order chi connectivity index (χ1) is 7.19. The molecule has 1 aromatic heterocycles. The number of carbonyl (C=O) groups excluding carboxylic acids is 1. The molecule has 1 aromatic rings. The number of amides is 1. The van der Waals surface area contributed by atoms with Crippen molar-refractivity contribution < 1.29 is 4.79 Å². The number of hydrogen-bond donors (Lipinski definition) is 2. The quantitative estimate of drug-likeness (QED) is 0.818. The van der Waals surface area contributed by atoms with E-state index in [-0.39, 0.29) is 11.9 Å². The van der Waals surface area contributed by atoms with Crippen LogP contribution in [0.15, 0.2) is 12.1 Å². The van der Waals surface area contributed by atoms with Gasteiger partial charge in [-0.25, -0.2) is 0 Å². The second-order valence-electron chi connectivity index (χ2n) is 4.02. The predicted molar refractivity (Wildman–Crippen MR) is 62.2 cm³/mol. The molecule has 2 rings (SSSR count). The van der Waals surface area contributed by atoms with Crippen LogP contribution in [0.4, 0.5) is 0 Å². The standard InChI is InChI=1S/C11H16N2OS/c1-2-9-3-4-10(15-9)11(14)13-8-5-7(12)6-8/h3-4,7-8H,2,5-6,12H2,1H3,(H,13,14). The Balaban J connectivity index is 1.90. The molecule has 3 N–H and O–H groups in total. The second kappa shape index (κ2) is 4.33. The highest BCUT2D eigenvalue weighted by Crippen LogP contribution is 2.20.